The number of anilines is 1. The summed E-state index contributed by atoms with van der Waals surface area (Å²) >= 11 is 13.1. The molecule has 2 nitrogen and oxygen atoms in total. The summed E-state index contributed by atoms with van der Waals surface area (Å²) in [4.78, 5) is 3.12. The fraction of sp³-hybridized carbons (Fsp3) is 0.235. The van der Waals surface area contributed by atoms with Crippen LogP contribution < -0.4 is 10.2 Å². The number of aryl methyl sites for hydroxylation is 1. The summed E-state index contributed by atoms with van der Waals surface area (Å²) in [6.07, 6.45) is 0. The lowest BCUT2D eigenvalue weighted by Crippen LogP contribution is -2.40. The lowest BCUT2D eigenvalue weighted by Gasteiger charge is -2.26. The molecule has 0 bridgehead atoms. The third kappa shape index (κ3) is 4.77. The topological polar surface area (TPSA) is 15.3 Å². The van der Waals surface area contributed by atoms with Crippen molar-refractivity contribution in [2.45, 2.75) is 20.4 Å². The van der Waals surface area contributed by atoms with Gasteiger partial charge in [-0.3, -0.25) is 0 Å². The van der Waals surface area contributed by atoms with Crippen LogP contribution in [0.15, 0.2) is 41.8 Å². The maximum absolute atomic E-state index is 13.5. The Labute approximate surface area is 150 Å². The molecule has 1 aromatic carbocycles. The smallest absolute Gasteiger partial charge is 0.174 e. The van der Waals surface area contributed by atoms with Gasteiger partial charge in [0, 0.05) is 17.1 Å². The van der Waals surface area contributed by atoms with E-state index in [9.17, 15) is 4.39 Å². The van der Waals surface area contributed by atoms with E-state index in [2.05, 4.69) is 24.9 Å². The van der Waals surface area contributed by atoms with E-state index in [1.807, 2.05) is 17.2 Å². The molecular formula is C17H18ClFN2S2. The van der Waals surface area contributed by atoms with E-state index in [4.69, 9.17) is 23.8 Å². The Balaban J connectivity index is 2.29. The van der Waals surface area contributed by atoms with Crippen LogP contribution in [0.25, 0.3) is 0 Å². The number of thiocarbonyl (C=S) groups is 1. The molecule has 1 N–H and O–H groups in total. The lowest BCUT2D eigenvalue weighted by atomic mass is 10.2. The minimum atomic E-state index is -0.441. The Morgan fingerprint density at radius 2 is 2.17 bits per heavy atom. The fourth-order valence-electron chi connectivity index (χ4n) is 1.96. The zero-order valence-electron chi connectivity index (χ0n) is 13.0. The molecule has 6 heteroatoms. The summed E-state index contributed by atoms with van der Waals surface area (Å²) in [6, 6.07) is 6.70. The zero-order chi connectivity index (χ0) is 17.0. The Kier molecular flexibility index (Phi) is 6.16. The molecule has 2 rings (SSSR count). The zero-order valence-corrected chi connectivity index (χ0v) is 15.4. The van der Waals surface area contributed by atoms with Gasteiger partial charge in [0.1, 0.15) is 5.82 Å². The van der Waals surface area contributed by atoms with E-state index >= 15 is 0 Å². The van der Waals surface area contributed by atoms with Crippen LogP contribution in [0.5, 0.6) is 0 Å². The maximum Gasteiger partial charge on any atom is 0.174 e. The van der Waals surface area contributed by atoms with Gasteiger partial charge in [0.25, 0.3) is 0 Å². The lowest BCUT2D eigenvalue weighted by molar-refractivity contribution is 0.628. The predicted molar refractivity (Wildman–Crippen MR) is 102 cm³/mol. The van der Waals surface area contributed by atoms with Crippen LogP contribution in [0.2, 0.25) is 5.02 Å². The van der Waals surface area contributed by atoms with Gasteiger partial charge < -0.3 is 10.2 Å². The minimum absolute atomic E-state index is 0.0816. The first kappa shape index (κ1) is 17.9. The van der Waals surface area contributed by atoms with Crippen molar-refractivity contribution in [3.05, 3.63) is 63.1 Å². The van der Waals surface area contributed by atoms with Crippen molar-refractivity contribution in [1.29, 1.82) is 0 Å². The van der Waals surface area contributed by atoms with Crippen molar-refractivity contribution >= 4 is 46.0 Å². The summed E-state index contributed by atoms with van der Waals surface area (Å²) in [5, 5.41) is 5.86. The normalized spacial score (nSPS) is 10.4. The molecule has 0 aliphatic rings. The quantitative estimate of drug-likeness (QED) is 0.569. The molecule has 0 radical (unpaired) electrons. The van der Waals surface area contributed by atoms with Gasteiger partial charge in [0.2, 0.25) is 0 Å². The van der Waals surface area contributed by atoms with Gasteiger partial charge in [-0.1, -0.05) is 23.8 Å². The van der Waals surface area contributed by atoms with E-state index in [0.29, 0.717) is 18.2 Å². The number of thiophene rings is 1. The summed E-state index contributed by atoms with van der Waals surface area (Å²) < 4.78 is 13.5. The summed E-state index contributed by atoms with van der Waals surface area (Å²) in [7, 11) is 0. The molecule has 0 atom stereocenters. The first-order valence-corrected chi connectivity index (χ1v) is 8.73. The number of benzene rings is 1. The van der Waals surface area contributed by atoms with E-state index in [0.717, 1.165) is 11.3 Å². The van der Waals surface area contributed by atoms with Crippen molar-refractivity contribution in [3.63, 3.8) is 0 Å². The number of rotatable bonds is 5. The molecule has 1 aromatic heterocycles. The Bertz CT molecular complexity index is 727. The van der Waals surface area contributed by atoms with E-state index < -0.39 is 5.82 Å². The number of halogens is 2. The van der Waals surface area contributed by atoms with Crippen molar-refractivity contribution in [3.8, 4) is 0 Å². The molecule has 2 aromatic rings. The highest BCUT2D eigenvalue weighted by Crippen LogP contribution is 2.26. The van der Waals surface area contributed by atoms with Crippen molar-refractivity contribution < 1.29 is 4.39 Å². The third-order valence-electron chi connectivity index (χ3n) is 3.27. The summed E-state index contributed by atoms with van der Waals surface area (Å²) in [5.41, 5.74) is 2.94. The second-order valence-corrected chi connectivity index (χ2v) is 7.12. The SMILES string of the molecule is C=C(C)CNC(=S)N(Cc1sccc1C)c1ccc(F)c(Cl)c1. The molecular weight excluding hydrogens is 351 g/mol. The number of nitrogens with one attached hydrogen (secondary N) is 1. The van der Waals surface area contributed by atoms with Crippen molar-refractivity contribution in [1.82, 2.24) is 5.32 Å². The van der Waals surface area contributed by atoms with Gasteiger partial charge in [-0.15, -0.1) is 11.3 Å². The molecule has 0 amide bonds. The van der Waals surface area contributed by atoms with Crippen molar-refractivity contribution in [2.24, 2.45) is 0 Å². The number of nitrogens with zero attached hydrogens (tertiary/aromatic N) is 1. The largest absolute Gasteiger partial charge is 0.359 e. The first-order chi connectivity index (χ1) is 10.9. The molecule has 0 saturated heterocycles. The van der Waals surface area contributed by atoms with Gasteiger partial charge in [0.15, 0.2) is 5.11 Å². The molecule has 0 aliphatic heterocycles. The summed E-state index contributed by atoms with van der Waals surface area (Å²) in [5.74, 6) is -0.441. The molecule has 0 unspecified atom stereocenters. The monoisotopic (exact) mass is 368 g/mol. The van der Waals surface area contributed by atoms with Crippen LogP contribution in [-0.2, 0) is 6.54 Å². The van der Waals surface area contributed by atoms with E-state index in [-0.39, 0.29) is 5.02 Å². The van der Waals surface area contributed by atoms with Gasteiger partial charge in [-0.25, -0.2) is 4.39 Å². The highest BCUT2D eigenvalue weighted by atomic mass is 35.5. The average molecular weight is 369 g/mol. The Morgan fingerprint density at radius 1 is 1.43 bits per heavy atom. The van der Waals surface area contributed by atoms with Crippen LogP contribution >= 0.6 is 35.2 Å². The molecule has 23 heavy (non-hydrogen) atoms. The summed E-state index contributed by atoms with van der Waals surface area (Å²) in [6.45, 7) is 9.05. The van der Waals surface area contributed by atoms with E-state index in [1.165, 1.54) is 16.5 Å². The van der Waals surface area contributed by atoms with Gasteiger partial charge in [-0.2, -0.15) is 0 Å². The number of hydrogen-bond donors (Lipinski definition) is 1. The van der Waals surface area contributed by atoms with Gasteiger partial charge >= 0.3 is 0 Å². The van der Waals surface area contributed by atoms with Gasteiger partial charge in [-0.05, 0) is 61.3 Å². The Hall–Kier alpha value is -1.43. The van der Waals surface area contributed by atoms with Crippen LogP contribution in [0.3, 0.4) is 0 Å². The maximum atomic E-state index is 13.5. The van der Waals surface area contributed by atoms with Crippen LogP contribution in [0.1, 0.15) is 17.4 Å². The second-order valence-electron chi connectivity index (χ2n) is 5.33. The van der Waals surface area contributed by atoms with Gasteiger partial charge in [0.05, 0.1) is 11.6 Å². The number of hydrogen-bond acceptors (Lipinski definition) is 2. The Morgan fingerprint density at radius 3 is 2.74 bits per heavy atom. The molecule has 0 aliphatic carbocycles. The predicted octanol–water partition coefficient (Wildman–Crippen LogP) is 5.31. The molecule has 0 fully saturated rings. The second kappa shape index (κ2) is 7.90. The molecule has 122 valence electrons. The standard InChI is InChI=1S/C17H18ClFN2S2/c1-11(2)9-20-17(22)21(10-16-12(3)6-7-23-16)13-4-5-15(19)14(18)8-13/h4-8H,1,9-10H2,2-3H3,(H,20,22). The molecule has 0 saturated carbocycles. The average Bonchev–Trinajstić information content (AvgIpc) is 2.90. The highest BCUT2D eigenvalue weighted by Gasteiger charge is 2.16. The van der Waals surface area contributed by atoms with Crippen LogP contribution in [0.4, 0.5) is 10.1 Å². The van der Waals surface area contributed by atoms with E-state index in [1.54, 1.807) is 23.5 Å². The van der Waals surface area contributed by atoms with Crippen LogP contribution in [-0.4, -0.2) is 11.7 Å². The molecule has 0 spiro atoms. The minimum Gasteiger partial charge on any atom is -0.359 e. The van der Waals surface area contributed by atoms with Crippen LogP contribution in [0, 0.1) is 12.7 Å². The van der Waals surface area contributed by atoms with Crippen molar-refractivity contribution in [2.75, 3.05) is 11.4 Å². The highest BCUT2D eigenvalue weighted by molar-refractivity contribution is 7.80. The first-order valence-electron chi connectivity index (χ1n) is 7.06. The third-order valence-corrected chi connectivity index (χ3v) is 4.93. The fourth-order valence-corrected chi connectivity index (χ4v) is 3.28. The molecule has 1 heterocycles.